The quantitative estimate of drug-likeness (QED) is 0.808. The Morgan fingerprint density at radius 1 is 1.55 bits per heavy atom. The molecule has 0 saturated carbocycles. The Morgan fingerprint density at radius 3 is 3.20 bits per heavy atom. The predicted molar refractivity (Wildman–Crippen MR) is 80.2 cm³/mol. The van der Waals surface area contributed by atoms with Crippen molar-refractivity contribution in [2.24, 2.45) is 5.92 Å². The second-order valence-corrected chi connectivity index (χ2v) is 7.33. The summed E-state index contributed by atoms with van der Waals surface area (Å²) < 4.78 is 5.62. The smallest absolute Gasteiger partial charge is 0.277 e. The highest BCUT2D eigenvalue weighted by Crippen LogP contribution is 2.37. The molecule has 0 spiro atoms. The molecule has 1 aliphatic rings. The van der Waals surface area contributed by atoms with Gasteiger partial charge in [0.1, 0.15) is 5.78 Å². The van der Waals surface area contributed by atoms with Crippen LogP contribution < -0.4 is 0 Å². The topological polar surface area (TPSA) is 56.0 Å². The Bertz CT molecular complexity index is 633. The van der Waals surface area contributed by atoms with Gasteiger partial charge in [0.15, 0.2) is 0 Å². The van der Waals surface area contributed by atoms with Crippen molar-refractivity contribution < 1.29 is 9.21 Å². The van der Waals surface area contributed by atoms with E-state index in [1.54, 1.807) is 18.3 Å². The number of aromatic nitrogens is 2. The Balaban J connectivity index is 1.78. The van der Waals surface area contributed by atoms with Gasteiger partial charge in [-0.3, -0.25) is 4.79 Å². The van der Waals surface area contributed by atoms with Crippen molar-refractivity contribution in [1.82, 2.24) is 10.2 Å². The minimum absolute atomic E-state index is 0.107. The lowest BCUT2D eigenvalue weighted by Gasteiger charge is -2.16. The van der Waals surface area contributed by atoms with Gasteiger partial charge in [-0.2, -0.15) is 0 Å². The van der Waals surface area contributed by atoms with Gasteiger partial charge in [0.2, 0.25) is 0 Å². The molecule has 20 heavy (non-hydrogen) atoms. The van der Waals surface area contributed by atoms with Crippen LogP contribution in [0.2, 0.25) is 0 Å². The van der Waals surface area contributed by atoms with Crippen molar-refractivity contribution in [3.05, 3.63) is 16.5 Å². The highest BCUT2D eigenvalue weighted by Gasteiger charge is 2.21. The summed E-state index contributed by atoms with van der Waals surface area (Å²) in [6.45, 7) is 3.85. The summed E-state index contributed by atoms with van der Waals surface area (Å²) in [6, 6.07) is 2.18. The van der Waals surface area contributed by atoms with Crippen LogP contribution in [0.15, 0.2) is 15.7 Å². The Kier molecular flexibility index (Phi) is 3.94. The van der Waals surface area contributed by atoms with Crippen molar-refractivity contribution in [2.75, 3.05) is 5.75 Å². The zero-order valence-corrected chi connectivity index (χ0v) is 13.1. The van der Waals surface area contributed by atoms with E-state index in [4.69, 9.17) is 4.42 Å². The molecule has 106 valence electrons. The maximum Gasteiger partial charge on any atom is 0.277 e. The van der Waals surface area contributed by atoms with E-state index in [0.29, 0.717) is 16.9 Å². The molecule has 0 saturated heterocycles. The van der Waals surface area contributed by atoms with Gasteiger partial charge >= 0.3 is 0 Å². The van der Waals surface area contributed by atoms with Gasteiger partial charge < -0.3 is 4.42 Å². The molecule has 0 N–H and O–H groups in total. The molecule has 3 rings (SSSR count). The summed E-state index contributed by atoms with van der Waals surface area (Å²) >= 11 is 3.05. The van der Waals surface area contributed by atoms with Crippen molar-refractivity contribution in [3.63, 3.8) is 0 Å². The van der Waals surface area contributed by atoms with Crippen LogP contribution in [-0.2, 0) is 17.6 Å². The first-order valence-corrected chi connectivity index (χ1v) is 8.49. The normalized spacial score (nSPS) is 18.0. The molecular formula is C14H16N2O2S2. The molecule has 2 aromatic rings. The molecule has 0 unspecified atom stereocenters. The van der Waals surface area contributed by atoms with Crippen LogP contribution in [0.4, 0.5) is 0 Å². The van der Waals surface area contributed by atoms with Crippen molar-refractivity contribution in [2.45, 2.75) is 38.3 Å². The number of aryl methyl sites for hydroxylation is 1. The minimum atomic E-state index is 0.107. The van der Waals surface area contributed by atoms with Crippen LogP contribution in [0.25, 0.3) is 10.8 Å². The Morgan fingerprint density at radius 2 is 2.40 bits per heavy atom. The van der Waals surface area contributed by atoms with Gasteiger partial charge in [-0.25, -0.2) is 0 Å². The van der Waals surface area contributed by atoms with Gasteiger partial charge in [0.05, 0.1) is 10.6 Å². The third-order valence-electron chi connectivity index (χ3n) is 3.35. The molecule has 4 nitrogen and oxygen atoms in total. The molecule has 2 aromatic heterocycles. The fourth-order valence-corrected chi connectivity index (χ4v) is 4.04. The first kappa shape index (κ1) is 13.8. The fourth-order valence-electron chi connectivity index (χ4n) is 2.34. The first-order chi connectivity index (χ1) is 9.61. The van der Waals surface area contributed by atoms with Gasteiger partial charge in [-0.05, 0) is 43.7 Å². The van der Waals surface area contributed by atoms with E-state index >= 15 is 0 Å². The minimum Gasteiger partial charge on any atom is -0.410 e. The predicted octanol–water partition coefficient (Wildman–Crippen LogP) is 3.60. The number of hydrogen-bond donors (Lipinski definition) is 0. The molecule has 1 aliphatic carbocycles. The van der Waals surface area contributed by atoms with E-state index in [0.717, 1.165) is 23.6 Å². The molecule has 0 bridgehead atoms. The number of thioether (sulfide) groups is 1. The standard InChI is InChI=1S/C14H16N2O2S2/c1-8-3-4-11-10(5-8)6-12(20-11)13-15-16-14(18-13)19-7-9(2)17/h6,8H,3-5,7H2,1-2H3/t8-/m1/s1. The van der Waals surface area contributed by atoms with Crippen LogP contribution in [-0.4, -0.2) is 21.7 Å². The third-order valence-corrected chi connectivity index (χ3v) is 5.53. The Labute approximate surface area is 126 Å². The van der Waals surface area contributed by atoms with E-state index in [9.17, 15) is 4.79 Å². The number of carbonyl (C=O) groups is 1. The average molecular weight is 308 g/mol. The average Bonchev–Trinajstić information content (AvgIpc) is 3.01. The molecule has 0 aliphatic heterocycles. The lowest BCUT2D eigenvalue weighted by atomic mass is 9.90. The lowest BCUT2D eigenvalue weighted by molar-refractivity contribution is -0.114. The van der Waals surface area contributed by atoms with E-state index in [1.807, 2.05) is 0 Å². The van der Waals surface area contributed by atoms with Gasteiger partial charge in [0.25, 0.3) is 11.1 Å². The van der Waals surface area contributed by atoms with E-state index in [1.165, 1.54) is 28.6 Å². The number of hydrogen-bond acceptors (Lipinski definition) is 6. The number of rotatable bonds is 4. The summed E-state index contributed by atoms with van der Waals surface area (Å²) in [4.78, 5) is 13.4. The van der Waals surface area contributed by atoms with Crippen molar-refractivity contribution >= 4 is 28.9 Å². The number of fused-ring (bicyclic) bond motifs is 1. The van der Waals surface area contributed by atoms with Crippen LogP contribution >= 0.6 is 23.1 Å². The van der Waals surface area contributed by atoms with E-state index < -0.39 is 0 Å². The zero-order chi connectivity index (χ0) is 14.1. The molecular weight excluding hydrogens is 292 g/mol. The fraction of sp³-hybridized carbons (Fsp3) is 0.500. The van der Waals surface area contributed by atoms with Crippen molar-refractivity contribution in [3.8, 4) is 10.8 Å². The highest BCUT2D eigenvalue weighted by molar-refractivity contribution is 7.99. The van der Waals surface area contributed by atoms with E-state index in [-0.39, 0.29) is 5.78 Å². The largest absolute Gasteiger partial charge is 0.410 e. The van der Waals surface area contributed by atoms with Gasteiger partial charge in [0, 0.05) is 4.88 Å². The molecule has 6 heteroatoms. The van der Waals surface area contributed by atoms with Crippen LogP contribution in [0.1, 0.15) is 30.7 Å². The number of carbonyl (C=O) groups excluding carboxylic acids is 1. The molecule has 0 fully saturated rings. The van der Waals surface area contributed by atoms with Crippen molar-refractivity contribution in [1.29, 1.82) is 0 Å². The monoisotopic (exact) mass is 308 g/mol. The number of thiophene rings is 1. The molecule has 0 aromatic carbocycles. The van der Waals surface area contributed by atoms with Crippen LogP contribution in [0.5, 0.6) is 0 Å². The Hall–Kier alpha value is -1.14. The van der Waals surface area contributed by atoms with Crippen LogP contribution in [0, 0.1) is 5.92 Å². The summed E-state index contributed by atoms with van der Waals surface area (Å²) in [5.41, 5.74) is 1.43. The molecule has 2 heterocycles. The lowest BCUT2D eigenvalue weighted by Crippen LogP contribution is -2.07. The summed E-state index contributed by atoms with van der Waals surface area (Å²) in [7, 11) is 0. The van der Waals surface area contributed by atoms with Crippen LogP contribution in [0.3, 0.4) is 0 Å². The second-order valence-electron chi connectivity index (χ2n) is 5.27. The third kappa shape index (κ3) is 2.96. The molecule has 0 amide bonds. The number of Topliss-reactive ketones (excluding diaryl/α,β-unsaturated/α-hetero) is 1. The summed E-state index contributed by atoms with van der Waals surface area (Å²) in [5, 5.41) is 8.54. The van der Waals surface area contributed by atoms with Gasteiger partial charge in [-0.15, -0.1) is 21.5 Å². The van der Waals surface area contributed by atoms with E-state index in [2.05, 4.69) is 23.2 Å². The molecule has 0 radical (unpaired) electrons. The zero-order valence-electron chi connectivity index (χ0n) is 11.5. The maximum absolute atomic E-state index is 10.9. The second kappa shape index (κ2) is 5.69. The summed E-state index contributed by atoms with van der Waals surface area (Å²) in [5.74, 6) is 1.81. The number of nitrogens with zero attached hydrogens (tertiary/aromatic N) is 2. The number of ketones is 1. The molecule has 1 atom stereocenters. The van der Waals surface area contributed by atoms with Gasteiger partial charge in [-0.1, -0.05) is 18.7 Å². The first-order valence-electron chi connectivity index (χ1n) is 6.69. The highest BCUT2D eigenvalue weighted by atomic mass is 32.2. The maximum atomic E-state index is 10.9. The summed E-state index contributed by atoms with van der Waals surface area (Å²) in [6.07, 6.45) is 3.56. The SMILES string of the molecule is CC(=O)CSc1nnc(-c2cc3c(s2)CC[C@@H](C)C3)o1.